The molecule has 0 spiro atoms. The van der Waals surface area contributed by atoms with Crippen LogP contribution < -0.4 is 19.6 Å². The van der Waals surface area contributed by atoms with Gasteiger partial charge >= 0.3 is 5.69 Å². The molecule has 1 N–H and O–H groups in total. The molecule has 0 bridgehead atoms. The molecule has 9 heteroatoms. The molecule has 0 fully saturated rings. The Labute approximate surface area is 205 Å². The van der Waals surface area contributed by atoms with Gasteiger partial charge in [-0.1, -0.05) is 40.7 Å². The lowest BCUT2D eigenvalue weighted by Gasteiger charge is -2.33. The summed E-state index contributed by atoms with van der Waals surface area (Å²) < 4.78 is 16.6. The van der Waals surface area contributed by atoms with Gasteiger partial charge in [0.2, 0.25) is 0 Å². The third-order valence-corrected chi connectivity index (χ3v) is 5.58. The fourth-order valence-corrected chi connectivity index (χ4v) is 4.29. The van der Waals surface area contributed by atoms with Crippen LogP contribution >= 0.6 is 0 Å². The number of hydrogen-bond donors (Lipinski definition) is 1. The summed E-state index contributed by atoms with van der Waals surface area (Å²) in [5, 5.41) is 15.8. The summed E-state index contributed by atoms with van der Waals surface area (Å²) in [6.07, 6.45) is 0.848. The highest BCUT2D eigenvalue weighted by Crippen LogP contribution is 2.39. The molecule has 0 radical (unpaired) electrons. The van der Waals surface area contributed by atoms with Gasteiger partial charge in [0.15, 0.2) is 23.9 Å². The molecule has 9 nitrogen and oxygen atoms in total. The Morgan fingerprint density at radius 2 is 1.77 bits per heavy atom. The first-order chi connectivity index (χ1) is 16.4. The summed E-state index contributed by atoms with van der Waals surface area (Å²) >= 11 is 0. The molecule has 2 aromatic rings. The molecule has 0 atom stereocenters. The molecular weight excluding hydrogens is 450 g/mol. The van der Waals surface area contributed by atoms with Crippen LogP contribution in [0.3, 0.4) is 0 Å². The van der Waals surface area contributed by atoms with Gasteiger partial charge in [-0.05, 0) is 54.0 Å². The Hall–Kier alpha value is -3.62. The van der Waals surface area contributed by atoms with Crippen molar-refractivity contribution in [1.29, 1.82) is 0 Å². The quantitative estimate of drug-likeness (QED) is 0.321. The Morgan fingerprint density at radius 1 is 1.09 bits per heavy atom. The molecule has 35 heavy (non-hydrogen) atoms. The number of nitro groups is 1. The van der Waals surface area contributed by atoms with Crippen LogP contribution in [0.15, 0.2) is 41.5 Å². The fraction of sp³-hybridized carbons (Fsp3) is 0.462. The highest BCUT2D eigenvalue weighted by molar-refractivity contribution is 5.99. The van der Waals surface area contributed by atoms with E-state index >= 15 is 0 Å². The van der Waals surface area contributed by atoms with Crippen LogP contribution in [0.4, 0.5) is 5.69 Å². The number of nitrogens with zero attached hydrogens (tertiary/aromatic N) is 2. The largest absolute Gasteiger partial charge is 0.486 e. The maximum Gasteiger partial charge on any atom is 0.311 e. The molecule has 0 saturated carbocycles. The van der Waals surface area contributed by atoms with Crippen LogP contribution in [0.2, 0.25) is 0 Å². The summed E-state index contributed by atoms with van der Waals surface area (Å²) in [7, 11) is 0. The van der Waals surface area contributed by atoms with Crippen LogP contribution in [0.25, 0.3) is 0 Å². The average Bonchev–Trinajstić information content (AvgIpc) is 2.79. The Morgan fingerprint density at radius 3 is 2.43 bits per heavy atom. The number of fused-ring (bicyclic) bond motifs is 1. The van der Waals surface area contributed by atoms with E-state index in [2.05, 4.69) is 45.1 Å². The van der Waals surface area contributed by atoms with Crippen molar-refractivity contribution in [2.24, 2.45) is 10.5 Å². The number of amides is 1. The van der Waals surface area contributed by atoms with Gasteiger partial charge in [-0.25, -0.2) is 5.43 Å². The number of nitro benzene ring substituents is 1. The van der Waals surface area contributed by atoms with E-state index in [1.165, 1.54) is 6.07 Å². The van der Waals surface area contributed by atoms with Crippen LogP contribution in [0.5, 0.6) is 17.2 Å². The second kappa shape index (κ2) is 10.3. The van der Waals surface area contributed by atoms with Crippen molar-refractivity contribution in [1.82, 2.24) is 5.43 Å². The van der Waals surface area contributed by atoms with Gasteiger partial charge in [-0.3, -0.25) is 14.9 Å². The first-order valence-corrected chi connectivity index (χ1v) is 11.5. The number of benzene rings is 2. The second-order valence-electron chi connectivity index (χ2n) is 10.4. The Bertz CT molecular complexity index is 1130. The molecule has 1 aliphatic rings. The Kier molecular flexibility index (Phi) is 7.67. The Balaban J connectivity index is 1.65. The first-order valence-electron chi connectivity index (χ1n) is 11.5. The molecule has 0 aliphatic carbocycles. The molecule has 0 unspecified atom stereocenters. The second-order valence-corrected chi connectivity index (χ2v) is 10.4. The topological polar surface area (TPSA) is 112 Å². The zero-order valence-electron chi connectivity index (χ0n) is 21.1. The van der Waals surface area contributed by atoms with Crippen molar-refractivity contribution >= 4 is 17.3 Å². The molecule has 188 valence electrons. The third kappa shape index (κ3) is 6.94. The van der Waals surface area contributed by atoms with Crippen molar-refractivity contribution in [2.45, 2.75) is 53.4 Å². The van der Waals surface area contributed by atoms with E-state index in [1.54, 1.807) is 25.1 Å². The monoisotopic (exact) mass is 483 g/mol. The molecule has 1 heterocycles. The van der Waals surface area contributed by atoms with E-state index in [4.69, 9.17) is 14.2 Å². The molecular formula is C26H33N3O6. The third-order valence-electron chi connectivity index (χ3n) is 5.58. The van der Waals surface area contributed by atoms with E-state index in [1.807, 2.05) is 12.1 Å². The number of carbonyl (C=O) groups excluding carboxylic acids is 1. The first kappa shape index (κ1) is 26.0. The summed E-state index contributed by atoms with van der Waals surface area (Å²) in [6, 6.07) is 10.3. The average molecular weight is 484 g/mol. The number of hydrogen-bond acceptors (Lipinski definition) is 7. The maximum atomic E-state index is 12.3. The molecule has 0 saturated heterocycles. The van der Waals surface area contributed by atoms with Crippen molar-refractivity contribution < 1.29 is 23.9 Å². The van der Waals surface area contributed by atoms with E-state index in [0.29, 0.717) is 30.4 Å². The number of carbonyl (C=O) groups is 1. The number of hydrazone groups is 1. The number of rotatable bonds is 8. The SMILES string of the molecule is CC(=NNC(=O)COc1ccc(C(C)(C)CC(C)(C)C)cc1[N+](=O)[O-])c1ccc2c(c1)OCCO2. The summed E-state index contributed by atoms with van der Waals surface area (Å²) in [5.41, 5.74) is 4.21. The van der Waals surface area contributed by atoms with Crippen LogP contribution in [-0.2, 0) is 10.2 Å². The lowest BCUT2D eigenvalue weighted by atomic mass is 9.72. The number of nitrogens with one attached hydrogen (secondary N) is 1. The van der Waals surface area contributed by atoms with Crippen LogP contribution in [-0.4, -0.2) is 36.4 Å². The van der Waals surface area contributed by atoms with Crippen LogP contribution in [0.1, 0.15) is 59.1 Å². The number of ether oxygens (including phenoxy) is 3. The van der Waals surface area contributed by atoms with Gasteiger partial charge < -0.3 is 14.2 Å². The van der Waals surface area contributed by atoms with Crippen molar-refractivity contribution in [2.75, 3.05) is 19.8 Å². The van der Waals surface area contributed by atoms with Crippen molar-refractivity contribution in [3.8, 4) is 17.2 Å². The fourth-order valence-electron chi connectivity index (χ4n) is 4.29. The zero-order valence-corrected chi connectivity index (χ0v) is 21.1. The van der Waals surface area contributed by atoms with Crippen LogP contribution in [0, 0.1) is 15.5 Å². The minimum absolute atomic E-state index is 0.0352. The van der Waals surface area contributed by atoms with E-state index < -0.39 is 17.4 Å². The van der Waals surface area contributed by atoms with Crippen molar-refractivity contribution in [3.05, 3.63) is 57.6 Å². The molecule has 2 aromatic carbocycles. The predicted octanol–water partition coefficient (Wildman–Crippen LogP) is 5.00. The molecule has 0 aromatic heterocycles. The normalized spacial score (nSPS) is 13.8. The van der Waals surface area contributed by atoms with Gasteiger partial charge in [0, 0.05) is 11.6 Å². The predicted molar refractivity (Wildman–Crippen MR) is 133 cm³/mol. The lowest BCUT2D eigenvalue weighted by Crippen LogP contribution is -2.26. The van der Waals surface area contributed by atoms with E-state index in [-0.39, 0.29) is 22.3 Å². The van der Waals surface area contributed by atoms with E-state index in [0.717, 1.165) is 17.5 Å². The minimum Gasteiger partial charge on any atom is -0.486 e. The highest BCUT2D eigenvalue weighted by atomic mass is 16.6. The standard InChI is InChI=1S/C26H33N3O6/c1-17(18-7-9-22-23(13-18)34-12-11-33-22)27-28-24(30)15-35-21-10-8-19(14-20(21)29(31)32)26(5,6)16-25(2,3)4/h7-10,13-14H,11-12,15-16H2,1-6H3,(H,28,30). The van der Waals surface area contributed by atoms with Gasteiger partial charge in [-0.2, -0.15) is 5.10 Å². The summed E-state index contributed by atoms with van der Waals surface area (Å²) in [6.45, 7) is 12.8. The lowest BCUT2D eigenvalue weighted by molar-refractivity contribution is -0.385. The smallest absolute Gasteiger partial charge is 0.311 e. The maximum absolute atomic E-state index is 12.3. The minimum atomic E-state index is -0.534. The highest BCUT2D eigenvalue weighted by Gasteiger charge is 2.30. The molecule has 1 amide bonds. The molecule has 3 rings (SSSR count). The zero-order chi connectivity index (χ0) is 25.8. The molecule has 1 aliphatic heterocycles. The van der Waals surface area contributed by atoms with Crippen molar-refractivity contribution in [3.63, 3.8) is 0 Å². The van der Waals surface area contributed by atoms with E-state index in [9.17, 15) is 14.9 Å². The summed E-state index contributed by atoms with van der Waals surface area (Å²) in [5.74, 6) is 0.792. The van der Waals surface area contributed by atoms with Gasteiger partial charge in [0.1, 0.15) is 13.2 Å². The van der Waals surface area contributed by atoms with Gasteiger partial charge in [0.25, 0.3) is 5.91 Å². The van der Waals surface area contributed by atoms with Gasteiger partial charge in [0.05, 0.1) is 10.6 Å². The van der Waals surface area contributed by atoms with Gasteiger partial charge in [-0.15, -0.1) is 0 Å². The summed E-state index contributed by atoms with van der Waals surface area (Å²) in [4.78, 5) is 23.5.